The zero-order valence-electron chi connectivity index (χ0n) is 35.3. The van der Waals surface area contributed by atoms with Crippen molar-refractivity contribution in [3.05, 3.63) is 18.7 Å². The molecule has 0 spiro atoms. The maximum absolute atomic E-state index is 12.7. The monoisotopic (exact) mass is 754 g/mol. The van der Waals surface area contributed by atoms with Crippen molar-refractivity contribution in [2.24, 2.45) is 29.1 Å². The van der Waals surface area contributed by atoms with Crippen molar-refractivity contribution in [1.82, 2.24) is 14.5 Å². The largest absolute Gasteiger partial charge is 0.466 e. The van der Waals surface area contributed by atoms with Gasteiger partial charge in [0.25, 0.3) is 0 Å². The van der Waals surface area contributed by atoms with Crippen molar-refractivity contribution in [1.29, 1.82) is 0 Å². The van der Waals surface area contributed by atoms with E-state index in [2.05, 4.69) is 34.5 Å². The van der Waals surface area contributed by atoms with Crippen molar-refractivity contribution in [3.8, 4) is 0 Å². The van der Waals surface area contributed by atoms with Gasteiger partial charge in [0.05, 0.1) is 26.0 Å². The molecule has 5 rings (SSSR count). The van der Waals surface area contributed by atoms with Crippen LogP contribution in [-0.2, 0) is 25.6 Å². The lowest BCUT2D eigenvalue weighted by Gasteiger charge is -2.56. The predicted molar refractivity (Wildman–Crippen MR) is 222 cm³/mol. The van der Waals surface area contributed by atoms with Crippen molar-refractivity contribution in [3.63, 3.8) is 0 Å². The minimum atomic E-state index is 0.00536. The number of carbonyl (C=O) groups is 2. The van der Waals surface area contributed by atoms with Gasteiger partial charge in [0, 0.05) is 25.4 Å². The van der Waals surface area contributed by atoms with Gasteiger partial charge < -0.3 is 18.9 Å². The third-order valence-electron chi connectivity index (χ3n) is 13.3. The lowest BCUT2D eigenvalue weighted by molar-refractivity contribution is -0.152. The van der Waals surface area contributed by atoms with Gasteiger partial charge in [-0.2, -0.15) is 0 Å². The Morgan fingerprint density at radius 2 is 1.22 bits per heavy atom. The van der Waals surface area contributed by atoms with Crippen LogP contribution in [0.2, 0.25) is 0 Å². The van der Waals surface area contributed by atoms with Crippen LogP contribution in [0.5, 0.6) is 0 Å². The zero-order chi connectivity index (χ0) is 38.1. The molecule has 7 heteroatoms. The molecule has 0 unspecified atom stereocenters. The van der Waals surface area contributed by atoms with Crippen molar-refractivity contribution in [2.75, 3.05) is 32.8 Å². The molecule has 310 valence electrons. The number of hydrogen-bond acceptors (Lipinski definition) is 6. The highest BCUT2D eigenvalue weighted by atomic mass is 16.5. The molecule has 0 N–H and O–H groups in total. The summed E-state index contributed by atoms with van der Waals surface area (Å²) in [4.78, 5) is 32.0. The second-order valence-corrected chi connectivity index (χ2v) is 18.3. The summed E-state index contributed by atoms with van der Waals surface area (Å²) in [5.74, 6) is 3.49. The fraction of sp³-hybridized carbons (Fsp3) is 0.894. The lowest BCUT2D eigenvalue weighted by atomic mass is 9.49. The summed E-state index contributed by atoms with van der Waals surface area (Å²) in [6.45, 7) is 10.3. The number of hydrogen-bond donors (Lipinski definition) is 0. The van der Waals surface area contributed by atoms with Crippen LogP contribution in [0.1, 0.15) is 200 Å². The van der Waals surface area contributed by atoms with Crippen LogP contribution >= 0.6 is 0 Å². The number of aromatic nitrogens is 2. The van der Waals surface area contributed by atoms with E-state index in [1.807, 2.05) is 12.5 Å². The Morgan fingerprint density at radius 1 is 0.667 bits per heavy atom. The van der Waals surface area contributed by atoms with Gasteiger partial charge >= 0.3 is 11.9 Å². The van der Waals surface area contributed by atoms with Gasteiger partial charge in [-0.1, -0.05) is 110 Å². The Morgan fingerprint density at radius 3 is 1.81 bits per heavy atom. The fourth-order valence-corrected chi connectivity index (χ4v) is 10.8. The van der Waals surface area contributed by atoms with E-state index in [-0.39, 0.29) is 11.9 Å². The second kappa shape index (κ2) is 26.9. The van der Waals surface area contributed by atoms with E-state index in [0.29, 0.717) is 31.5 Å². The molecule has 4 aliphatic rings. The average molecular weight is 754 g/mol. The molecule has 1 aromatic rings. The molecule has 1 heterocycles. The molecule has 0 atom stereocenters. The first kappa shape index (κ1) is 44.8. The number of imidazole rings is 1. The van der Waals surface area contributed by atoms with Crippen LogP contribution in [0.25, 0.3) is 0 Å². The van der Waals surface area contributed by atoms with Crippen LogP contribution < -0.4 is 0 Å². The average Bonchev–Trinajstić information content (AvgIpc) is 3.66. The van der Waals surface area contributed by atoms with Gasteiger partial charge in [-0.15, -0.1) is 0 Å². The Kier molecular flexibility index (Phi) is 22.3. The standard InChI is InChI=1S/C47H83N3O4/c1-3-5-14-21-41(22-15-6-4-2)24-32-54-45(51)23-16-10-9-12-18-27-49(28-20-29-50-30-25-48-40-50)26-17-11-7-8-13-19-31-53-46(52)39-47-36-42-33-43(37-47)35-44(34-42)38-47/h25,30,40-44H,3-24,26-29,31-39H2,1-2H3. The number of rotatable bonds is 34. The van der Waals surface area contributed by atoms with Crippen molar-refractivity contribution in [2.45, 2.75) is 207 Å². The maximum Gasteiger partial charge on any atom is 0.306 e. The van der Waals surface area contributed by atoms with E-state index < -0.39 is 0 Å². The summed E-state index contributed by atoms with van der Waals surface area (Å²) in [6, 6.07) is 0. The minimum absolute atomic E-state index is 0.00536. The SMILES string of the molecule is CCCCCC(CCCCC)CCOC(=O)CCCCCCCN(CCCCCCCCOC(=O)CC12CC3CC(CC(C3)C1)C2)CCCn1ccnc1. The van der Waals surface area contributed by atoms with Gasteiger partial charge in [-0.3, -0.25) is 9.59 Å². The van der Waals surface area contributed by atoms with Crippen LogP contribution in [0.4, 0.5) is 0 Å². The van der Waals surface area contributed by atoms with Crippen LogP contribution in [0, 0.1) is 29.1 Å². The zero-order valence-corrected chi connectivity index (χ0v) is 35.3. The summed E-state index contributed by atoms with van der Waals surface area (Å²) in [5, 5.41) is 0. The fourth-order valence-electron chi connectivity index (χ4n) is 10.8. The summed E-state index contributed by atoms with van der Waals surface area (Å²) in [6.07, 6.45) is 40.8. The first-order chi connectivity index (χ1) is 26.5. The molecular formula is C47H83N3O4. The molecule has 54 heavy (non-hydrogen) atoms. The molecule has 1 aromatic heterocycles. The summed E-state index contributed by atoms with van der Waals surface area (Å²) in [7, 11) is 0. The van der Waals surface area contributed by atoms with E-state index in [1.54, 1.807) is 0 Å². The van der Waals surface area contributed by atoms with E-state index in [0.717, 1.165) is 81.8 Å². The summed E-state index contributed by atoms with van der Waals surface area (Å²) >= 11 is 0. The lowest BCUT2D eigenvalue weighted by Crippen LogP contribution is -2.47. The highest BCUT2D eigenvalue weighted by Crippen LogP contribution is 2.61. The van der Waals surface area contributed by atoms with Crippen LogP contribution in [-0.4, -0.2) is 59.2 Å². The molecule has 0 saturated heterocycles. The molecule has 0 aromatic carbocycles. The van der Waals surface area contributed by atoms with Gasteiger partial charge in [0.15, 0.2) is 0 Å². The normalized spacial score (nSPS) is 21.7. The molecule has 0 amide bonds. The number of unbranched alkanes of at least 4 members (excludes halogenated alkanes) is 13. The Balaban J connectivity index is 0.987. The molecule has 4 saturated carbocycles. The summed E-state index contributed by atoms with van der Waals surface area (Å²) < 4.78 is 13.6. The number of carbonyl (C=O) groups excluding carboxylic acids is 2. The minimum Gasteiger partial charge on any atom is -0.466 e. The maximum atomic E-state index is 12.7. The van der Waals surface area contributed by atoms with Gasteiger partial charge in [0.1, 0.15) is 0 Å². The van der Waals surface area contributed by atoms with E-state index in [4.69, 9.17) is 9.47 Å². The molecule has 4 bridgehead atoms. The molecule has 0 aliphatic heterocycles. The Bertz CT molecular complexity index is 1060. The number of esters is 2. The highest BCUT2D eigenvalue weighted by Gasteiger charge is 2.51. The van der Waals surface area contributed by atoms with Crippen LogP contribution in [0.15, 0.2) is 18.7 Å². The smallest absolute Gasteiger partial charge is 0.306 e. The van der Waals surface area contributed by atoms with Gasteiger partial charge in [0.2, 0.25) is 0 Å². The van der Waals surface area contributed by atoms with E-state index in [9.17, 15) is 9.59 Å². The van der Waals surface area contributed by atoms with E-state index >= 15 is 0 Å². The molecule has 7 nitrogen and oxygen atoms in total. The predicted octanol–water partition coefficient (Wildman–Crippen LogP) is 12.1. The second-order valence-electron chi connectivity index (χ2n) is 18.3. The topological polar surface area (TPSA) is 73.7 Å². The Labute approximate surface area is 331 Å². The third-order valence-corrected chi connectivity index (χ3v) is 13.3. The number of ether oxygens (including phenoxy) is 2. The Hall–Kier alpha value is -1.89. The molecule has 0 radical (unpaired) electrons. The number of nitrogens with zero attached hydrogens (tertiary/aromatic N) is 3. The third kappa shape index (κ3) is 18.4. The van der Waals surface area contributed by atoms with E-state index in [1.165, 1.54) is 141 Å². The molecule has 4 aliphatic carbocycles. The van der Waals surface area contributed by atoms with Gasteiger partial charge in [-0.05, 0) is 126 Å². The first-order valence-electron chi connectivity index (χ1n) is 23.5. The first-order valence-corrected chi connectivity index (χ1v) is 23.5. The molecule has 4 fully saturated rings. The number of aryl methyl sites for hydroxylation is 1. The summed E-state index contributed by atoms with van der Waals surface area (Å²) in [5.41, 5.74) is 0.293. The van der Waals surface area contributed by atoms with Crippen molar-refractivity contribution < 1.29 is 19.1 Å². The van der Waals surface area contributed by atoms with Crippen LogP contribution in [0.3, 0.4) is 0 Å². The van der Waals surface area contributed by atoms with Crippen molar-refractivity contribution >= 4 is 11.9 Å². The highest BCUT2D eigenvalue weighted by molar-refractivity contribution is 5.70. The van der Waals surface area contributed by atoms with Gasteiger partial charge in [-0.25, -0.2) is 4.98 Å². The quantitative estimate of drug-likeness (QED) is 0.0515. The molecular weight excluding hydrogens is 671 g/mol.